The van der Waals surface area contributed by atoms with E-state index in [1.165, 1.54) is 40.4 Å². The number of aliphatic carboxylic acids is 1. The number of fused-ring (bicyclic) bond motifs is 1. The summed E-state index contributed by atoms with van der Waals surface area (Å²) in [5.74, 6) is -2.83. The highest BCUT2D eigenvalue weighted by molar-refractivity contribution is 8.01. The van der Waals surface area contributed by atoms with Crippen molar-refractivity contribution in [3.63, 3.8) is 0 Å². The maximum atomic E-state index is 13.7. The average molecular weight is 715 g/mol. The number of aromatic hydroxyl groups is 1. The third-order valence-electron chi connectivity index (χ3n) is 6.91. The molecule has 0 spiro atoms. The van der Waals surface area contributed by atoms with E-state index in [2.05, 4.69) is 25.0 Å². The molecule has 242 valence electrons. The number of benzene rings is 1. The van der Waals surface area contributed by atoms with Gasteiger partial charge in [0.15, 0.2) is 22.7 Å². The highest BCUT2D eigenvalue weighted by Crippen LogP contribution is 2.42. The number of hydrogen-bond acceptors (Lipinski definition) is 16. The number of pyridine rings is 1. The van der Waals surface area contributed by atoms with E-state index in [9.17, 15) is 34.6 Å². The highest BCUT2D eigenvalue weighted by atomic mass is 32.2. The van der Waals surface area contributed by atoms with Crippen LogP contribution in [0, 0.1) is 0 Å². The highest BCUT2D eigenvalue weighted by Gasteiger charge is 2.54. The molecule has 6 N–H and O–H groups in total. The Morgan fingerprint density at radius 1 is 1.26 bits per heavy atom. The van der Waals surface area contributed by atoms with Crippen LogP contribution in [-0.4, -0.2) is 86.0 Å². The molecule has 1 fully saturated rings. The molecule has 2 amide bonds. The van der Waals surface area contributed by atoms with Crippen molar-refractivity contribution in [3.8, 4) is 5.75 Å². The lowest BCUT2D eigenvalue weighted by atomic mass is 10.0. The molecule has 16 nitrogen and oxygen atoms in total. The number of nitrogens with two attached hydrogens (primary N) is 1. The normalized spacial score (nSPS) is 18.3. The van der Waals surface area contributed by atoms with Crippen LogP contribution in [0.15, 0.2) is 79.6 Å². The number of oxime groups is 1. The Labute approximate surface area is 280 Å². The number of hydrogen-bond donors (Lipinski definition) is 5. The van der Waals surface area contributed by atoms with E-state index in [0.717, 1.165) is 32.7 Å². The van der Waals surface area contributed by atoms with Gasteiger partial charge in [-0.25, -0.2) is 9.78 Å². The SMILES string of the molecule is Nc1nc(/C(=N\OC(c2ccccc2)c2cc(=O)c(O)cn2O)C(=O)N[C@@H]2C(=O)N3C(C(=O)O)=C(CSc4cnns4)CS[C@H]23)cs1. The number of carbonyl (C=O) groups is 3. The van der Waals surface area contributed by atoms with E-state index in [1.807, 2.05) is 0 Å². The molecule has 5 heterocycles. The van der Waals surface area contributed by atoms with Gasteiger partial charge in [-0.05, 0) is 17.1 Å². The molecule has 0 bridgehead atoms. The van der Waals surface area contributed by atoms with Gasteiger partial charge in [0.25, 0.3) is 11.8 Å². The van der Waals surface area contributed by atoms with Gasteiger partial charge in [-0.1, -0.05) is 40.0 Å². The zero-order chi connectivity index (χ0) is 33.2. The number of carboxylic acids is 1. The zero-order valence-corrected chi connectivity index (χ0v) is 26.9. The van der Waals surface area contributed by atoms with E-state index < -0.39 is 46.5 Å². The van der Waals surface area contributed by atoms with Crippen LogP contribution in [0.5, 0.6) is 5.75 Å². The minimum Gasteiger partial charge on any atom is -0.503 e. The van der Waals surface area contributed by atoms with Crippen molar-refractivity contribution in [3.05, 3.63) is 92.6 Å². The van der Waals surface area contributed by atoms with Gasteiger partial charge in [0, 0.05) is 28.5 Å². The monoisotopic (exact) mass is 714 g/mol. The van der Waals surface area contributed by atoms with Crippen molar-refractivity contribution < 1.29 is 34.6 Å². The summed E-state index contributed by atoms with van der Waals surface area (Å²) in [6.07, 6.45) is 1.12. The van der Waals surface area contributed by atoms with E-state index in [-0.39, 0.29) is 27.9 Å². The second-order valence-corrected chi connectivity index (χ2v) is 13.9. The molecule has 3 aromatic heterocycles. The number of carboxylic acid groups (broad SMARTS) is 1. The maximum Gasteiger partial charge on any atom is 0.352 e. The number of nitrogens with zero attached hydrogens (tertiary/aromatic N) is 6. The zero-order valence-electron chi connectivity index (χ0n) is 23.6. The molecule has 20 heteroatoms. The summed E-state index contributed by atoms with van der Waals surface area (Å²) in [6, 6.07) is 8.23. The lowest BCUT2D eigenvalue weighted by molar-refractivity contribution is -0.150. The third kappa shape index (κ3) is 6.52. The molecule has 3 atom stereocenters. The predicted octanol–water partition coefficient (Wildman–Crippen LogP) is 1.72. The first kappa shape index (κ1) is 32.0. The Balaban J connectivity index is 1.26. The van der Waals surface area contributed by atoms with E-state index >= 15 is 0 Å². The minimum atomic E-state index is -1.26. The Morgan fingerprint density at radius 3 is 2.72 bits per heavy atom. The number of carbonyl (C=O) groups excluding carboxylic acids is 2. The molecule has 2 aliphatic heterocycles. The lowest BCUT2D eigenvalue weighted by Crippen LogP contribution is -2.71. The Hall–Kier alpha value is -4.92. The van der Waals surface area contributed by atoms with Crippen LogP contribution >= 0.6 is 46.4 Å². The van der Waals surface area contributed by atoms with Gasteiger partial charge in [-0.15, -0.1) is 40.0 Å². The molecule has 0 saturated carbocycles. The lowest BCUT2D eigenvalue weighted by Gasteiger charge is -2.49. The standard InChI is InChI=1S/C27H22N8O8S4/c28-27-30-14(11-46-27)19(32-43-22(12-4-2-1-3-5-12)15-6-16(36)17(37)8-34(15)42)23(38)31-20-24(39)35-21(26(40)41)13(10-45-25(20)35)9-44-18-7-29-33-47-18/h1-8,11,20,22,25,37,42H,9-10H2,(H2,28,30)(H,31,38)(H,40,41)/b32-19+/t20-,22?,25-/m1/s1. The maximum absolute atomic E-state index is 13.7. The van der Waals surface area contributed by atoms with Crippen molar-refractivity contribution in [1.29, 1.82) is 0 Å². The quantitative estimate of drug-likeness (QED) is 0.0489. The largest absolute Gasteiger partial charge is 0.503 e. The number of amides is 2. The summed E-state index contributed by atoms with van der Waals surface area (Å²) in [6.45, 7) is 0. The summed E-state index contributed by atoms with van der Waals surface area (Å²) in [4.78, 5) is 62.5. The number of nitrogens with one attached hydrogen (secondary N) is 1. The van der Waals surface area contributed by atoms with Gasteiger partial charge in [-0.3, -0.25) is 19.3 Å². The fraction of sp³-hybridized carbons (Fsp3) is 0.185. The summed E-state index contributed by atoms with van der Waals surface area (Å²) in [5.41, 5.74) is 5.40. The molecule has 1 unspecified atom stereocenters. The van der Waals surface area contributed by atoms with Crippen LogP contribution in [0.3, 0.4) is 0 Å². The molecule has 0 radical (unpaired) electrons. The number of rotatable bonds is 11. The molecule has 1 aromatic carbocycles. The topological polar surface area (TPSA) is 235 Å². The predicted molar refractivity (Wildman–Crippen MR) is 172 cm³/mol. The van der Waals surface area contributed by atoms with Crippen LogP contribution in [-0.2, 0) is 19.2 Å². The Kier molecular flexibility index (Phi) is 9.16. The number of anilines is 1. The van der Waals surface area contributed by atoms with Gasteiger partial charge >= 0.3 is 5.97 Å². The molecule has 6 rings (SSSR count). The van der Waals surface area contributed by atoms with Crippen LogP contribution in [0.1, 0.15) is 23.1 Å². The van der Waals surface area contributed by atoms with Gasteiger partial charge in [-0.2, -0.15) is 4.73 Å². The van der Waals surface area contributed by atoms with E-state index in [4.69, 9.17) is 10.6 Å². The fourth-order valence-electron chi connectivity index (χ4n) is 4.73. The van der Waals surface area contributed by atoms with Crippen LogP contribution in [0.2, 0.25) is 0 Å². The summed E-state index contributed by atoms with van der Waals surface area (Å²) < 4.78 is 5.09. The van der Waals surface area contributed by atoms with Gasteiger partial charge in [0.05, 0.1) is 12.4 Å². The van der Waals surface area contributed by atoms with Gasteiger partial charge in [0.1, 0.15) is 32.7 Å². The first-order chi connectivity index (χ1) is 22.6. The summed E-state index contributed by atoms with van der Waals surface area (Å²) >= 11 is 4.87. The number of β-lactam (4-membered cyclic amide) rings is 1. The number of aromatic nitrogens is 4. The molecule has 2 aliphatic rings. The number of nitrogen functional groups attached to an aromatic ring is 1. The first-order valence-corrected chi connectivity index (χ1v) is 17.1. The molecule has 1 saturated heterocycles. The molecule has 47 heavy (non-hydrogen) atoms. The molecule has 0 aliphatic carbocycles. The molecular formula is C27H22N8O8S4. The molecular weight excluding hydrogens is 693 g/mol. The van der Waals surface area contributed by atoms with Crippen LogP contribution < -0.4 is 16.5 Å². The number of thioether (sulfide) groups is 2. The second kappa shape index (κ2) is 13.4. The second-order valence-electron chi connectivity index (χ2n) is 9.84. The minimum absolute atomic E-state index is 0.0202. The number of thiazole rings is 1. The van der Waals surface area contributed by atoms with E-state index in [0.29, 0.717) is 27.4 Å². The Morgan fingerprint density at radius 2 is 2.04 bits per heavy atom. The Bertz CT molecular complexity index is 1960. The van der Waals surface area contributed by atoms with Crippen LogP contribution in [0.25, 0.3) is 0 Å². The smallest absolute Gasteiger partial charge is 0.352 e. The third-order valence-corrected chi connectivity index (χ3v) is 10.8. The average Bonchev–Trinajstić information content (AvgIpc) is 3.74. The summed E-state index contributed by atoms with van der Waals surface area (Å²) in [7, 11) is 0. The molecule has 4 aromatic rings. The van der Waals surface area contributed by atoms with Crippen LogP contribution in [0.4, 0.5) is 5.13 Å². The van der Waals surface area contributed by atoms with Crippen molar-refractivity contribution in [2.45, 2.75) is 21.7 Å². The fourth-order valence-corrected chi connectivity index (χ4v) is 8.18. The van der Waals surface area contributed by atoms with Gasteiger partial charge < -0.3 is 31.3 Å². The summed E-state index contributed by atoms with van der Waals surface area (Å²) in [5, 5.41) is 41.6. The van der Waals surface area contributed by atoms with Crippen molar-refractivity contribution in [2.75, 3.05) is 17.2 Å². The van der Waals surface area contributed by atoms with Gasteiger partial charge in [0.2, 0.25) is 5.43 Å². The van der Waals surface area contributed by atoms with Crippen molar-refractivity contribution in [2.24, 2.45) is 5.16 Å². The van der Waals surface area contributed by atoms with E-state index in [1.54, 1.807) is 36.5 Å². The van der Waals surface area contributed by atoms with Crippen molar-refractivity contribution in [1.82, 2.24) is 29.5 Å². The van der Waals surface area contributed by atoms with Crippen molar-refractivity contribution >= 4 is 75.0 Å². The first-order valence-electron chi connectivity index (χ1n) is 13.4.